The van der Waals surface area contributed by atoms with Crippen molar-refractivity contribution in [3.63, 3.8) is 0 Å². The minimum absolute atomic E-state index is 0.276. The van der Waals surface area contributed by atoms with Crippen molar-refractivity contribution >= 4 is 11.4 Å². The molecule has 0 aliphatic rings. The second kappa shape index (κ2) is 8.69. The highest BCUT2D eigenvalue weighted by atomic mass is 16.5. The molecule has 1 rings (SSSR count). The smallest absolute Gasteiger partial charge is 0.144 e. The number of hydrogen-bond donors (Lipinski definition) is 2. The zero-order chi connectivity index (χ0) is 15.0. The normalized spacial score (nSPS) is 12.4. The molecule has 3 N–H and O–H groups in total. The number of benzene rings is 1. The van der Waals surface area contributed by atoms with Gasteiger partial charge in [0.2, 0.25) is 0 Å². The molecule has 0 saturated heterocycles. The van der Waals surface area contributed by atoms with Crippen molar-refractivity contribution in [3.05, 3.63) is 18.2 Å². The third-order valence-corrected chi connectivity index (χ3v) is 3.13. The fourth-order valence-electron chi connectivity index (χ4n) is 1.82. The number of nitrogens with one attached hydrogen (secondary N) is 1. The van der Waals surface area contributed by atoms with E-state index in [-0.39, 0.29) is 6.04 Å². The molecule has 1 aromatic carbocycles. The van der Waals surface area contributed by atoms with Gasteiger partial charge in [-0.25, -0.2) is 0 Å². The number of nitrogen functional groups attached to an aromatic ring is 1. The third-order valence-electron chi connectivity index (χ3n) is 3.13. The first-order valence-electron chi connectivity index (χ1n) is 7.45. The average Bonchev–Trinajstić information content (AvgIpc) is 2.43. The maximum atomic E-state index is 5.92. The summed E-state index contributed by atoms with van der Waals surface area (Å²) >= 11 is 0. The van der Waals surface area contributed by atoms with Crippen LogP contribution in [-0.4, -0.2) is 25.9 Å². The van der Waals surface area contributed by atoms with E-state index in [1.165, 1.54) is 0 Å². The van der Waals surface area contributed by atoms with Crippen molar-refractivity contribution in [2.24, 2.45) is 5.92 Å². The van der Waals surface area contributed by atoms with Gasteiger partial charge in [-0.05, 0) is 31.4 Å². The Kier molecular flexibility index (Phi) is 7.23. The van der Waals surface area contributed by atoms with E-state index < -0.39 is 0 Å². The van der Waals surface area contributed by atoms with Gasteiger partial charge in [-0.3, -0.25) is 0 Å². The molecule has 0 fully saturated rings. The van der Waals surface area contributed by atoms with Crippen LogP contribution in [0.3, 0.4) is 0 Å². The Labute approximate surface area is 122 Å². The largest absolute Gasteiger partial charge is 0.491 e. The van der Waals surface area contributed by atoms with Gasteiger partial charge in [-0.2, -0.15) is 0 Å². The maximum absolute atomic E-state index is 5.92. The van der Waals surface area contributed by atoms with Crippen LogP contribution in [0.4, 0.5) is 11.4 Å². The summed E-state index contributed by atoms with van der Waals surface area (Å²) in [5, 5.41) is 3.50. The quantitative estimate of drug-likeness (QED) is 0.679. The van der Waals surface area contributed by atoms with Gasteiger partial charge in [0.15, 0.2) is 0 Å². The van der Waals surface area contributed by atoms with Gasteiger partial charge < -0.3 is 20.5 Å². The van der Waals surface area contributed by atoms with Crippen LogP contribution in [0, 0.1) is 5.92 Å². The number of anilines is 2. The van der Waals surface area contributed by atoms with Crippen molar-refractivity contribution in [2.75, 3.05) is 30.9 Å². The molecule has 114 valence electrons. The molecule has 4 heteroatoms. The molecule has 20 heavy (non-hydrogen) atoms. The molecule has 1 unspecified atom stereocenters. The highest BCUT2D eigenvalue weighted by molar-refractivity contribution is 5.61. The summed E-state index contributed by atoms with van der Waals surface area (Å²) in [6, 6.07) is 6.10. The Bertz CT molecular complexity index is 394. The molecule has 4 nitrogen and oxygen atoms in total. The maximum Gasteiger partial charge on any atom is 0.144 e. The lowest BCUT2D eigenvalue weighted by molar-refractivity contribution is 0.127. The lowest BCUT2D eigenvalue weighted by atomic mass is 10.0. The zero-order valence-corrected chi connectivity index (χ0v) is 13.1. The fourth-order valence-corrected chi connectivity index (χ4v) is 1.82. The van der Waals surface area contributed by atoms with Gasteiger partial charge in [0, 0.05) is 18.4 Å². The van der Waals surface area contributed by atoms with E-state index in [0.29, 0.717) is 24.8 Å². The molecule has 0 spiro atoms. The molecule has 0 amide bonds. The first-order chi connectivity index (χ1) is 9.58. The van der Waals surface area contributed by atoms with Gasteiger partial charge in [0.05, 0.1) is 24.9 Å². The SMILES string of the molecule is CCCOc1cc(NC(COCC)C(C)C)ccc1N. The molecular weight excluding hydrogens is 252 g/mol. The number of nitrogens with two attached hydrogens (primary N) is 1. The van der Waals surface area contributed by atoms with Crippen LogP contribution < -0.4 is 15.8 Å². The molecule has 0 bridgehead atoms. The Morgan fingerprint density at radius 2 is 2.00 bits per heavy atom. The van der Waals surface area contributed by atoms with Gasteiger partial charge in [-0.1, -0.05) is 20.8 Å². The minimum Gasteiger partial charge on any atom is -0.491 e. The van der Waals surface area contributed by atoms with Crippen molar-refractivity contribution in [2.45, 2.75) is 40.2 Å². The fraction of sp³-hybridized carbons (Fsp3) is 0.625. The number of rotatable bonds is 9. The number of hydrogen-bond acceptors (Lipinski definition) is 4. The molecule has 0 heterocycles. The Balaban J connectivity index is 2.74. The summed E-state index contributed by atoms with van der Waals surface area (Å²) in [4.78, 5) is 0. The molecule has 0 radical (unpaired) electrons. The molecule has 0 aliphatic heterocycles. The molecule has 0 aromatic heterocycles. The first-order valence-corrected chi connectivity index (χ1v) is 7.45. The summed E-state index contributed by atoms with van der Waals surface area (Å²) in [7, 11) is 0. The molecule has 0 aliphatic carbocycles. The van der Waals surface area contributed by atoms with Crippen molar-refractivity contribution in [1.29, 1.82) is 0 Å². The molecular formula is C16H28N2O2. The van der Waals surface area contributed by atoms with Crippen LogP contribution in [0.5, 0.6) is 5.75 Å². The average molecular weight is 280 g/mol. The van der Waals surface area contributed by atoms with Crippen molar-refractivity contribution in [1.82, 2.24) is 0 Å². The first kappa shape index (κ1) is 16.6. The van der Waals surface area contributed by atoms with E-state index in [4.69, 9.17) is 15.2 Å². The van der Waals surface area contributed by atoms with E-state index >= 15 is 0 Å². The predicted molar refractivity (Wildman–Crippen MR) is 85.4 cm³/mol. The summed E-state index contributed by atoms with van der Waals surface area (Å²) in [5.74, 6) is 1.23. The molecule has 1 atom stereocenters. The predicted octanol–water partition coefficient (Wildman–Crippen LogP) is 3.53. The van der Waals surface area contributed by atoms with E-state index in [1.54, 1.807) is 0 Å². The monoisotopic (exact) mass is 280 g/mol. The van der Waals surface area contributed by atoms with E-state index in [1.807, 2.05) is 25.1 Å². The van der Waals surface area contributed by atoms with Gasteiger partial charge in [0.1, 0.15) is 5.75 Å². The molecule has 1 aromatic rings. The van der Waals surface area contributed by atoms with Crippen LogP contribution in [0.2, 0.25) is 0 Å². The van der Waals surface area contributed by atoms with Gasteiger partial charge in [-0.15, -0.1) is 0 Å². The topological polar surface area (TPSA) is 56.5 Å². The highest BCUT2D eigenvalue weighted by Crippen LogP contribution is 2.26. The van der Waals surface area contributed by atoms with Gasteiger partial charge >= 0.3 is 0 Å². The summed E-state index contributed by atoms with van der Waals surface area (Å²) in [6.07, 6.45) is 0.968. The standard InChI is InChI=1S/C16H28N2O2/c1-5-9-20-16-10-13(7-8-14(16)17)18-15(12(3)4)11-19-6-2/h7-8,10,12,15,18H,5-6,9,11,17H2,1-4H3. The van der Waals surface area contributed by atoms with Crippen LogP contribution in [0.25, 0.3) is 0 Å². The van der Waals surface area contributed by atoms with E-state index in [2.05, 4.69) is 26.1 Å². The Morgan fingerprint density at radius 1 is 1.25 bits per heavy atom. The summed E-state index contributed by atoms with van der Waals surface area (Å²) in [6.45, 7) is 10.6. The van der Waals surface area contributed by atoms with Gasteiger partial charge in [0.25, 0.3) is 0 Å². The number of ether oxygens (including phenoxy) is 2. The third kappa shape index (κ3) is 5.29. The lowest BCUT2D eigenvalue weighted by Gasteiger charge is -2.23. The van der Waals surface area contributed by atoms with Crippen LogP contribution in [0.15, 0.2) is 18.2 Å². The summed E-state index contributed by atoms with van der Waals surface area (Å²) < 4.78 is 11.2. The second-order valence-electron chi connectivity index (χ2n) is 5.26. The van der Waals surface area contributed by atoms with Crippen LogP contribution in [0.1, 0.15) is 34.1 Å². The van der Waals surface area contributed by atoms with E-state index in [0.717, 1.165) is 24.5 Å². The van der Waals surface area contributed by atoms with Crippen molar-refractivity contribution < 1.29 is 9.47 Å². The van der Waals surface area contributed by atoms with Crippen molar-refractivity contribution in [3.8, 4) is 5.75 Å². The lowest BCUT2D eigenvalue weighted by Crippen LogP contribution is -2.30. The Morgan fingerprint density at radius 3 is 2.60 bits per heavy atom. The van der Waals surface area contributed by atoms with Crippen LogP contribution >= 0.6 is 0 Å². The Hall–Kier alpha value is -1.42. The highest BCUT2D eigenvalue weighted by Gasteiger charge is 2.14. The zero-order valence-electron chi connectivity index (χ0n) is 13.1. The van der Waals surface area contributed by atoms with Crippen LogP contribution in [-0.2, 0) is 4.74 Å². The van der Waals surface area contributed by atoms with E-state index in [9.17, 15) is 0 Å². The minimum atomic E-state index is 0.276. The molecule has 0 saturated carbocycles. The summed E-state index contributed by atoms with van der Waals surface area (Å²) in [5.41, 5.74) is 7.62. The second-order valence-corrected chi connectivity index (χ2v) is 5.26.